The van der Waals surface area contributed by atoms with Gasteiger partial charge in [0.05, 0.1) is 11.1 Å². The van der Waals surface area contributed by atoms with Crippen LogP contribution in [-0.2, 0) is 16.0 Å². The SMILES string of the molecule is CC(N=C(N)N)Oc1ccc(C/C(C(=O)O)=C(/C(=O)O)C(C)C)cc1.[NaH].[NaH]. The Morgan fingerprint density at radius 2 is 1.56 bits per heavy atom. The van der Waals surface area contributed by atoms with Crippen LogP contribution in [0.1, 0.15) is 26.3 Å². The molecule has 0 fully saturated rings. The summed E-state index contributed by atoms with van der Waals surface area (Å²) in [6.45, 7) is 4.96. The van der Waals surface area contributed by atoms with Crippen LogP contribution in [-0.4, -0.2) is 93.5 Å². The van der Waals surface area contributed by atoms with E-state index in [4.69, 9.17) is 16.2 Å². The molecule has 0 aromatic heterocycles. The molecule has 27 heavy (non-hydrogen) atoms. The van der Waals surface area contributed by atoms with E-state index in [2.05, 4.69) is 4.99 Å². The van der Waals surface area contributed by atoms with Gasteiger partial charge >= 0.3 is 71.1 Å². The van der Waals surface area contributed by atoms with Gasteiger partial charge in [-0.15, -0.1) is 0 Å². The van der Waals surface area contributed by atoms with Crippen molar-refractivity contribution in [3.05, 3.63) is 41.0 Å². The Kier molecular flexibility index (Phi) is 13.8. The number of guanidine groups is 1. The van der Waals surface area contributed by atoms with Crippen molar-refractivity contribution in [1.29, 1.82) is 0 Å². The second-order valence-corrected chi connectivity index (χ2v) is 5.75. The van der Waals surface area contributed by atoms with Gasteiger partial charge in [0.1, 0.15) is 5.75 Å². The van der Waals surface area contributed by atoms with Gasteiger partial charge < -0.3 is 26.4 Å². The van der Waals surface area contributed by atoms with Crippen LogP contribution >= 0.6 is 0 Å². The normalized spacial score (nSPS) is 12.0. The van der Waals surface area contributed by atoms with E-state index >= 15 is 0 Å². The molecule has 1 aromatic carbocycles. The Balaban J connectivity index is 0. The summed E-state index contributed by atoms with van der Waals surface area (Å²) in [7, 11) is 0. The number of ether oxygens (including phenoxy) is 1. The molecule has 10 heteroatoms. The molecule has 140 valence electrons. The number of nitrogens with zero attached hydrogens (tertiary/aromatic N) is 1. The predicted octanol–water partition coefficient (Wildman–Crippen LogP) is 0.0521. The van der Waals surface area contributed by atoms with Gasteiger partial charge in [-0.3, -0.25) is 0 Å². The number of carbonyl (C=O) groups is 2. The van der Waals surface area contributed by atoms with E-state index in [-0.39, 0.29) is 82.6 Å². The maximum absolute atomic E-state index is 11.5. The Morgan fingerprint density at radius 3 is 1.93 bits per heavy atom. The zero-order valence-corrected chi connectivity index (χ0v) is 14.4. The maximum atomic E-state index is 11.5. The number of benzene rings is 1. The average Bonchev–Trinajstić information content (AvgIpc) is 2.46. The minimum atomic E-state index is -1.24. The van der Waals surface area contributed by atoms with E-state index in [1.165, 1.54) is 0 Å². The molecule has 0 bridgehead atoms. The molecule has 0 saturated heterocycles. The van der Waals surface area contributed by atoms with Crippen molar-refractivity contribution >= 4 is 77.0 Å². The fourth-order valence-corrected chi connectivity index (χ4v) is 2.33. The van der Waals surface area contributed by atoms with Gasteiger partial charge in [0.2, 0.25) is 0 Å². The molecule has 6 N–H and O–H groups in total. The minimum absolute atomic E-state index is 0. The molecule has 0 amide bonds. The molecule has 1 rings (SSSR count). The summed E-state index contributed by atoms with van der Waals surface area (Å²) < 4.78 is 5.49. The second-order valence-electron chi connectivity index (χ2n) is 5.75. The van der Waals surface area contributed by atoms with Crippen LogP contribution < -0.4 is 16.2 Å². The first-order chi connectivity index (χ1) is 11.6. The van der Waals surface area contributed by atoms with Gasteiger partial charge in [0, 0.05) is 6.42 Å². The Hall–Kier alpha value is -1.03. The molecule has 1 aromatic rings. The number of carboxylic acids is 2. The molecule has 0 heterocycles. The van der Waals surface area contributed by atoms with Gasteiger partial charge in [-0.1, -0.05) is 26.0 Å². The van der Waals surface area contributed by atoms with Gasteiger partial charge in [-0.05, 0) is 30.5 Å². The number of hydrogen-bond acceptors (Lipinski definition) is 4. The number of hydrogen-bond donors (Lipinski definition) is 4. The third kappa shape index (κ3) is 9.64. The van der Waals surface area contributed by atoms with Gasteiger partial charge in [-0.25, -0.2) is 14.6 Å². The molecular formula is C17H25N3Na2O5. The van der Waals surface area contributed by atoms with Crippen LogP contribution in [0.2, 0.25) is 0 Å². The molecular weight excluding hydrogens is 372 g/mol. The first kappa shape index (κ1) is 28.2. The Bertz CT molecular complexity index is 699. The van der Waals surface area contributed by atoms with Crippen molar-refractivity contribution in [2.24, 2.45) is 22.4 Å². The summed E-state index contributed by atoms with van der Waals surface area (Å²) in [6.07, 6.45) is -0.566. The van der Waals surface area contributed by atoms with E-state index in [0.29, 0.717) is 11.3 Å². The van der Waals surface area contributed by atoms with Gasteiger partial charge in [0.25, 0.3) is 0 Å². The van der Waals surface area contributed by atoms with Crippen molar-refractivity contribution in [1.82, 2.24) is 0 Å². The summed E-state index contributed by atoms with van der Waals surface area (Å²) in [5, 5.41) is 18.7. The van der Waals surface area contributed by atoms with E-state index in [0.717, 1.165) is 0 Å². The third-order valence-corrected chi connectivity index (χ3v) is 3.33. The summed E-state index contributed by atoms with van der Waals surface area (Å²) in [5.74, 6) is -2.46. The molecule has 0 spiro atoms. The Labute approximate surface area is 202 Å². The van der Waals surface area contributed by atoms with Crippen molar-refractivity contribution in [2.75, 3.05) is 0 Å². The third-order valence-electron chi connectivity index (χ3n) is 3.33. The van der Waals surface area contributed by atoms with Crippen LogP contribution in [0.25, 0.3) is 0 Å². The Morgan fingerprint density at radius 1 is 1.04 bits per heavy atom. The zero-order valence-electron chi connectivity index (χ0n) is 14.4. The van der Waals surface area contributed by atoms with E-state index in [1.807, 2.05) is 0 Å². The topological polar surface area (TPSA) is 148 Å². The van der Waals surface area contributed by atoms with Crippen LogP contribution in [0, 0.1) is 5.92 Å². The van der Waals surface area contributed by atoms with Crippen molar-refractivity contribution < 1.29 is 24.5 Å². The molecule has 0 aliphatic heterocycles. The molecule has 8 nitrogen and oxygen atoms in total. The number of aliphatic carboxylic acids is 2. The number of nitrogens with two attached hydrogens (primary N) is 2. The number of aliphatic imine (C=N–C) groups is 1. The molecule has 0 aliphatic carbocycles. The fourth-order valence-electron chi connectivity index (χ4n) is 2.33. The van der Waals surface area contributed by atoms with E-state index < -0.39 is 24.1 Å². The molecule has 0 radical (unpaired) electrons. The average molecular weight is 397 g/mol. The van der Waals surface area contributed by atoms with Crippen LogP contribution in [0.15, 0.2) is 40.4 Å². The second kappa shape index (κ2) is 13.2. The van der Waals surface area contributed by atoms with Crippen molar-refractivity contribution in [3.63, 3.8) is 0 Å². The fraction of sp³-hybridized carbons (Fsp3) is 0.353. The van der Waals surface area contributed by atoms with Crippen LogP contribution in [0.4, 0.5) is 0 Å². The standard InChI is InChI=1S/C17H23N3O5.2Na.2H/c1-9(2)14(16(23)24)13(15(21)22)8-11-4-6-12(7-5-11)25-10(3)20-17(18)19;;;;/h4-7,9-10H,8H2,1-3H3,(H,21,22)(H,23,24)(H4,18,19,20);;;;/b14-13-;;;;. The number of rotatable bonds is 8. The summed E-state index contributed by atoms with van der Waals surface area (Å²) in [6, 6.07) is 6.62. The number of carboxylic acid groups (broad SMARTS) is 2. The van der Waals surface area contributed by atoms with E-state index in [9.17, 15) is 19.8 Å². The van der Waals surface area contributed by atoms with E-state index in [1.54, 1.807) is 45.0 Å². The quantitative estimate of drug-likeness (QED) is 0.210. The zero-order chi connectivity index (χ0) is 19.1. The van der Waals surface area contributed by atoms with Crippen molar-refractivity contribution in [2.45, 2.75) is 33.4 Å². The van der Waals surface area contributed by atoms with Gasteiger partial charge in [0.15, 0.2) is 12.2 Å². The van der Waals surface area contributed by atoms with Gasteiger partial charge in [-0.2, -0.15) is 0 Å². The molecule has 1 unspecified atom stereocenters. The molecule has 0 saturated carbocycles. The first-order valence-corrected chi connectivity index (χ1v) is 7.65. The first-order valence-electron chi connectivity index (χ1n) is 7.65. The van der Waals surface area contributed by atoms with Crippen LogP contribution in [0.3, 0.4) is 0 Å². The summed E-state index contributed by atoms with van der Waals surface area (Å²) in [4.78, 5) is 26.7. The molecule has 1 atom stereocenters. The van der Waals surface area contributed by atoms with Crippen LogP contribution in [0.5, 0.6) is 5.75 Å². The van der Waals surface area contributed by atoms with Crippen molar-refractivity contribution in [3.8, 4) is 5.75 Å². The molecule has 0 aliphatic rings. The summed E-state index contributed by atoms with van der Waals surface area (Å²) >= 11 is 0. The monoisotopic (exact) mass is 397 g/mol. The summed E-state index contributed by atoms with van der Waals surface area (Å²) in [5.41, 5.74) is 11.0. The predicted molar refractivity (Wildman–Crippen MR) is 107 cm³/mol.